The number of fused-ring (bicyclic) bond motifs is 1. The van der Waals surface area contributed by atoms with Crippen molar-refractivity contribution in [2.75, 3.05) is 6.54 Å². The summed E-state index contributed by atoms with van der Waals surface area (Å²) in [6, 6.07) is 5.47. The lowest BCUT2D eigenvalue weighted by Crippen LogP contribution is -2.23. The maximum atomic E-state index is 10.8. The van der Waals surface area contributed by atoms with E-state index in [9.17, 15) is 4.21 Å². The van der Waals surface area contributed by atoms with E-state index in [1.165, 1.54) is 5.56 Å². The van der Waals surface area contributed by atoms with Gasteiger partial charge in [-0.05, 0) is 36.2 Å². The highest BCUT2D eigenvalue weighted by Gasteiger charge is 2.10. The molecule has 0 spiro atoms. The molecule has 1 atom stereocenters. The maximum Gasteiger partial charge on any atom is 0.186 e. The fraction of sp³-hybridized carbons (Fsp3) is 0.333. The van der Waals surface area contributed by atoms with Crippen LogP contribution in [-0.4, -0.2) is 15.3 Å². The van der Waals surface area contributed by atoms with Crippen molar-refractivity contribution >= 4 is 11.1 Å². The van der Waals surface area contributed by atoms with Gasteiger partial charge in [-0.25, -0.2) is 4.21 Å². The van der Waals surface area contributed by atoms with Gasteiger partial charge in [-0.15, -0.1) is 0 Å². The van der Waals surface area contributed by atoms with Gasteiger partial charge in [0.15, 0.2) is 11.1 Å². The van der Waals surface area contributed by atoms with Crippen LogP contribution in [0.5, 0.6) is 0 Å². The van der Waals surface area contributed by atoms with Gasteiger partial charge in [0, 0.05) is 6.54 Å². The minimum atomic E-state index is -1.85. The fourth-order valence-electron chi connectivity index (χ4n) is 1.57. The van der Waals surface area contributed by atoms with Gasteiger partial charge < -0.3 is 9.87 Å². The molecule has 0 amide bonds. The Morgan fingerprint density at radius 3 is 3.00 bits per heavy atom. The van der Waals surface area contributed by atoms with E-state index in [4.69, 9.17) is 4.55 Å². The van der Waals surface area contributed by atoms with Gasteiger partial charge in [0.25, 0.3) is 0 Å². The van der Waals surface area contributed by atoms with Gasteiger partial charge >= 0.3 is 0 Å². The van der Waals surface area contributed by atoms with Crippen LogP contribution < -0.4 is 5.32 Å². The van der Waals surface area contributed by atoms with Gasteiger partial charge in [0.1, 0.15) is 0 Å². The third kappa shape index (κ3) is 1.80. The molecule has 0 aliphatic carbocycles. The highest BCUT2D eigenvalue weighted by molar-refractivity contribution is 7.79. The summed E-state index contributed by atoms with van der Waals surface area (Å²) in [5.74, 6) is 0. The van der Waals surface area contributed by atoms with Crippen LogP contribution in [0.4, 0.5) is 0 Å². The molecular weight excluding hydrogens is 186 g/mol. The van der Waals surface area contributed by atoms with Crippen molar-refractivity contribution in [2.24, 2.45) is 0 Å². The van der Waals surface area contributed by atoms with E-state index >= 15 is 0 Å². The predicted molar refractivity (Wildman–Crippen MR) is 50.9 cm³/mol. The SMILES string of the molecule is O=S(O)c1ccc2c(c1)CNCC2. The van der Waals surface area contributed by atoms with E-state index in [1.54, 1.807) is 12.1 Å². The average molecular weight is 197 g/mol. The Labute approximate surface area is 79.4 Å². The van der Waals surface area contributed by atoms with E-state index in [-0.39, 0.29) is 0 Å². The molecule has 1 heterocycles. The van der Waals surface area contributed by atoms with Crippen LogP contribution >= 0.6 is 0 Å². The second-order valence-corrected chi connectivity index (χ2v) is 4.08. The summed E-state index contributed by atoms with van der Waals surface area (Å²) in [4.78, 5) is 0.488. The van der Waals surface area contributed by atoms with Gasteiger partial charge in [0.05, 0.1) is 4.90 Å². The van der Waals surface area contributed by atoms with E-state index in [0.29, 0.717) is 4.90 Å². The molecule has 0 fully saturated rings. The Balaban J connectivity index is 2.40. The summed E-state index contributed by atoms with van der Waals surface area (Å²) in [7, 11) is 0. The second kappa shape index (κ2) is 3.57. The van der Waals surface area contributed by atoms with Crippen molar-refractivity contribution in [1.29, 1.82) is 0 Å². The summed E-state index contributed by atoms with van der Waals surface area (Å²) in [6.45, 7) is 1.80. The van der Waals surface area contributed by atoms with E-state index in [0.717, 1.165) is 25.1 Å². The van der Waals surface area contributed by atoms with Crippen LogP contribution in [0.25, 0.3) is 0 Å². The normalized spacial score (nSPS) is 17.9. The first-order valence-electron chi connectivity index (χ1n) is 4.21. The molecule has 1 aromatic carbocycles. The number of hydrogen-bond acceptors (Lipinski definition) is 2. The first kappa shape index (κ1) is 8.87. The second-order valence-electron chi connectivity index (χ2n) is 3.11. The largest absolute Gasteiger partial charge is 0.312 e. The van der Waals surface area contributed by atoms with E-state index in [1.807, 2.05) is 6.07 Å². The van der Waals surface area contributed by atoms with E-state index in [2.05, 4.69) is 5.32 Å². The molecule has 3 nitrogen and oxygen atoms in total. The molecule has 0 bridgehead atoms. The van der Waals surface area contributed by atoms with Gasteiger partial charge in [-0.1, -0.05) is 6.07 Å². The molecule has 1 aliphatic heterocycles. The molecule has 0 saturated carbocycles. The van der Waals surface area contributed by atoms with Gasteiger partial charge in [-0.2, -0.15) is 0 Å². The Morgan fingerprint density at radius 1 is 1.38 bits per heavy atom. The lowest BCUT2D eigenvalue weighted by atomic mass is 10.0. The zero-order valence-electron chi connectivity index (χ0n) is 7.12. The zero-order chi connectivity index (χ0) is 9.26. The first-order valence-corrected chi connectivity index (χ1v) is 5.31. The van der Waals surface area contributed by atoms with E-state index < -0.39 is 11.1 Å². The molecule has 0 saturated heterocycles. The summed E-state index contributed by atoms with van der Waals surface area (Å²) in [5, 5.41) is 3.23. The van der Waals surface area contributed by atoms with Crippen molar-refractivity contribution in [2.45, 2.75) is 17.9 Å². The topological polar surface area (TPSA) is 49.3 Å². The van der Waals surface area contributed by atoms with Crippen LogP contribution in [-0.2, 0) is 24.0 Å². The highest BCUT2D eigenvalue weighted by atomic mass is 32.2. The molecule has 2 rings (SSSR count). The van der Waals surface area contributed by atoms with Gasteiger partial charge in [-0.3, -0.25) is 0 Å². The lowest BCUT2D eigenvalue weighted by molar-refractivity contribution is 0.563. The standard InChI is InChI=1S/C9H11NO2S/c11-13(12)9-2-1-7-3-4-10-6-8(7)5-9/h1-2,5,10H,3-4,6H2,(H,11,12). The maximum absolute atomic E-state index is 10.8. The molecule has 1 aromatic rings. The van der Waals surface area contributed by atoms with Crippen LogP contribution in [0, 0.1) is 0 Å². The molecular formula is C9H11NO2S. The first-order chi connectivity index (χ1) is 6.27. The third-order valence-corrected chi connectivity index (χ3v) is 2.92. The molecule has 0 radical (unpaired) electrons. The molecule has 1 unspecified atom stereocenters. The molecule has 2 N–H and O–H groups in total. The quantitative estimate of drug-likeness (QED) is 0.658. The monoisotopic (exact) mass is 197 g/mol. The average Bonchev–Trinajstić information content (AvgIpc) is 2.17. The number of benzene rings is 1. The minimum absolute atomic E-state index is 0.488. The fourth-order valence-corrected chi connectivity index (χ4v) is 1.99. The molecule has 0 aromatic heterocycles. The highest BCUT2D eigenvalue weighted by Crippen LogP contribution is 2.17. The Morgan fingerprint density at radius 2 is 2.23 bits per heavy atom. The summed E-state index contributed by atoms with van der Waals surface area (Å²) >= 11 is -1.85. The van der Waals surface area contributed by atoms with Crippen LogP contribution in [0.2, 0.25) is 0 Å². The number of nitrogens with one attached hydrogen (secondary N) is 1. The summed E-state index contributed by atoms with van der Waals surface area (Å²) < 4.78 is 19.7. The van der Waals surface area contributed by atoms with Crippen molar-refractivity contribution < 1.29 is 8.76 Å². The summed E-state index contributed by atoms with van der Waals surface area (Å²) in [6.07, 6.45) is 1.01. The Bertz CT molecular complexity index is 351. The minimum Gasteiger partial charge on any atom is -0.312 e. The molecule has 13 heavy (non-hydrogen) atoms. The molecule has 4 heteroatoms. The third-order valence-electron chi connectivity index (χ3n) is 2.27. The van der Waals surface area contributed by atoms with Crippen LogP contribution in [0.3, 0.4) is 0 Å². The van der Waals surface area contributed by atoms with Crippen LogP contribution in [0.1, 0.15) is 11.1 Å². The smallest absolute Gasteiger partial charge is 0.186 e. The van der Waals surface area contributed by atoms with Crippen molar-refractivity contribution in [3.05, 3.63) is 29.3 Å². The van der Waals surface area contributed by atoms with Crippen molar-refractivity contribution in [1.82, 2.24) is 5.32 Å². The zero-order valence-corrected chi connectivity index (χ0v) is 7.93. The lowest BCUT2D eigenvalue weighted by Gasteiger charge is -2.16. The predicted octanol–water partition coefficient (Wildman–Crippen LogP) is 0.913. The number of rotatable bonds is 1. The summed E-state index contributed by atoms with van der Waals surface area (Å²) in [5.41, 5.74) is 2.43. The Kier molecular flexibility index (Phi) is 2.44. The molecule has 1 aliphatic rings. The van der Waals surface area contributed by atoms with Crippen molar-refractivity contribution in [3.8, 4) is 0 Å². The number of hydrogen-bond donors (Lipinski definition) is 2. The van der Waals surface area contributed by atoms with Gasteiger partial charge in [0.2, 0.25) is 0 Å². The van der Waals surface area contributed by atoms with Crippen LogP contribution in [0.15, 0.2) is 23.1 Å². The van der Waals surface area contributed by atoms with Crippen molar-refractivity contribution in [3.63, 3.8) is 0 Å². The molecule has 70 valence electrons. The Hall–Kier alpha value is -0.710.